The summed E-state index contributed by atoms with van der Waals surface area (Å²) >= 11 is 3.39. The first-order valence-electron chi connectivity index (χ1n) is 7.40. The summed E-state index contributed by atoms with van der Waals surface area (Å²) in [5.41, 5.74) is 0. The molecule has 0 bridgehead atoms. The molecule has 0 aromatic carbocycles. The van der Waals surface area contributed by atoms with Crippen LogP contribution in [0.25, 0.3) is 0 Å². The fraction of sp³-hybridized carbons (Fsp3) is 0.438. The van der Waals surface area contributed by atoms with Crippen molar-refractivity contribution >= 4 is 41.0 Å². The van der Waals surface area contributed by atoms with Crippen molar-refractivity contribution in [1.29, 1.82) is 0 Å². The van der Waals surface area contributed by atoms with Crippen molar-refractivity contribution in [3.05, 3.63) is 44.8 Å². The van der Waals surface area contributed by atoms with Gasteiger partial charge in [-0.25, -0.2) is 0 Å². The molecule has 1 saturated heterocycles. The Morgan fingerprint density at radius 1 is 1.27 bits per heavy atom. The van der Waals surface area contributed by atoms with E-state index in [0.717, 1.165) is 19.5 Å². The lowest BCUT2D eigenvalue weighted by molar-refractivity contribution is -0.121. The van der Waals surface area contributed by atoms with Crippen LogP contribution in [-0.2, 0) is 4.79 Å². The Morgan fingerprint density at radius 2 is 1.95 bits per heavy atom. The second kappa shape index (κ2) is 8.67. The lowest BCUT2D eigenvalue weighted by atomic mass is 10.0. The van der Waals surface area contributed by atoms with Crippen molar-refractivity contribution in [1.82, 2.24) is 10.6 Å². The van der Waals surface area contributed by atoms with Crippen LogP contribution in [0.2, 0.25) is 0 Å². The molecule has 1 aliphatic heterocycles. The van der Waals surface area contributed by atoms with Gasteiger partial charge in [0.05, 0.1) is 6.04 Å². The van der Waals surface area contributed by atoms with Crippen LogP contribution in [0.3, 0.4) is 0 Å². The van der Waals surface area contributed by atoms with Gasteiger partial charge in [-0.05, 0) is 54.7 Å². The zero-order chi connectivity index (χ0) is 14.5. The first-order chi connectivity index (χ1) is 10.3. The third-order valence-corrected chi connectivity index (χ3v) is 5.78. The smallest absolute Gasteiger partial charge is 0.220 e. The van der Waals surface area contributed by atoms with Crippen molar-refractivity contribution in [2.75, 3.05) is 13.1 Å². The topological polar surface area (TPSA) is 41.1 Å². The number of halogens is 1. The summed E-state index contributed by atoms with van der Waals surface area (Å²) in [5.74, 6) is 0.825. The van der Waals surface area contributed by atoms with E-state index in [2.05, 4.69) is 33.5 Å². The van der Waals surface area contributed by atoms with Gasteiger partial charge >= 0.3 is 0 Å². The highest BCUT2D eigenvalue weighted by atomic mass is 35.5. The number of carbonyl (C=O) groups excluding carboxylic acids is 1. The molecule has 1 amide bonds. The van der Waals surface area contributed by atoms with Crippen LogP contribution >= 0.6 is 35.1 Å². The lowest BCUT2D eigenvalue weighted by Crippen LogP contribution is -2.28. The van der Waals surface area contributed by atoms with E-state index in [1.165, 1.54) is 16.2 Å². The number of nitrogens with one attached hydrogen (secondary N) is 2. The van der Waals surface area contributed by atoms with E-state index in [9.17, 15) is 4.79 Å². The maximum atomic E-state index is 12.3. The van der Waals surface area contributed by atoms with Crippen molar-refractivity contribution in [3.63, 3.8) is 0 Å². The average molecular weight is 357 g/mol. The van der Waals surface area contributed by atoms with Crippen LogP contribution in [0.4, 0.5) is 0 Å². The molecule has 2 aromatic heterocycles. The Kier molecular flexibility index (Phi) is 6.89. The monoisotopic (exact) mass is 356 g/mol. The van der Waals surface area contributed by atoms with Crippen LogP contribution in [0.15, 0.2) is 35.0 Å². The van der Waals surface area contributed by atoms with Gasteiger partial charge in [0.25, 0.3) is 0 Å². The summed E-state index contributed by atoms with van der Waals surface area (Å²) in [6.45, 7) is 2.16. The van der Waals surface area contributed by atoms with Crippen LogP contribution in [0.1, 0.15) is 35.1 Å². The van der Waals surface area contributed by atoms with Gasteiger partial charge in [0, 0.05) is 16.2 Å². The molecular weight excluding hydrogens is 336 g/mol. The van der Waals surface area contributed by atoms with E-state index in [4.69, 9.17) is 0 Å². The minimum atomic E-state index is 0. The highest BCUT2D eigenvalue weighted by Gasteiger charge is 2.20. The first-order valence-corrected chi connectivity index (χ1v) is 9.16. The Morgan fingerprint density at radius 3 is 2.45 bits per heavy atom. The van der Waals surface area contributed by atoms with Gasteiger partial charge < -0.3 is 10.6 Å². The Balaban J connectivity index is 0.00000176. The molecule has 6 heteroatoms. The van der Waals surface area contributed by atoms with Gasteiger partial charge in [-0.2, -0.15) is 0 Å². The second-order valence-corrected chi connectivity index (χ2v) is 7.39. The highest BCUT2D eigenvalue weighted by molar-refractivity contribution is 7.11. The van der Waals surface area contributed by atoms with Crippen molar-refractivity contribution in [3.8, 4) is 0 Å². The summed E-state index contributed by atoms with van der Waals surface area (Å²) in [4.78, 5) is 14.7. The van der Waals surface area contributed by atoms with Gasteiger partial charge in [-0.1, -0.05) is 12.1 Å². The predicted molar refractivity (Wildman–Crippen MR) is 96.1 cm³/mol. The molecule has 1 fully saturated rings. The maximum Gasteiger partial charge on any atom is 0.220 e. The van der Waals surface area contributed by atoms with Gasteiger partial charge in [-0.15, -0.1) is 35.1 Å². The van der Waals surface area contributed by atoms with E-state index >= 15 is 0 Å². The van der Waals surface area contributed by atoms with Crippen LogP contribution < -0.4 is 10.6 Å². The SMILES string of the molecule is Cl.O=C(CCC1CCNC1)NC(c1cccs1)c1cccs1. The van der Waals surface area contributed by atoms with Crippen LogP contribution in [0, 0.1) is 5.92 Å². The summed E-state index contributed by atoms with van der Waals surface area (Å²) in [7, 11) is 0. The molecule has 3 rings (SSSR count). The summed E-state index contributed by atoms with van der Waals surface area (Å²) in [6.07, 6.45) is 2.81. The van der Waals surface area contributed by atoms with E-state index in [1.807, 2.05) is 12.1 Å². The molecule has 22 heavy (non-hydrogen) atoms. The molecule has 1 unspecified atom stereocenters. The number of thiophene rings is 2. The average Bonchev–Trinajstić information content (AvgIpc) is 3.26. The molecule has 0 radical (unpaired) electrons. The zero-order valence-corrected chi connectivity index (χ0v) is 14.7. The number of rotatable bonds is 6. The molecule has 1 aliphatic rings. The molecule has 1 atom stereocenters. The normalized spacial score (nSPS) is 17.4. The number of hydrogen-bond acceptors (Lipinski definition) is 4. The van der Waals surface area contributed by atoms with Gasteiger partial charge in [0.15, 0.2) is 0 Å². The van der Waals surface area contributed by atoms with Gasteiger partial charge in [0.1, 0.15) is 0 Å². The summed E-state index contributed by atoms with van der Waals surface area (Å²) < 4.78 is 0. The van der Waals surface area contributed by atoms with Crippen molar-refractivity contribution < 1.29 is 4.79 Å². The van der Waals surface area contributed by atoms with E-state index in [0.29, 0.717) is 12.3 Å². The Bertz CT molecular complexity index is 516. The number of carbonyl (C=O) groups is 1. The molecule has 0 aliphatic carbocycles. The van der Waals surface area contributed by atoms with E-state index in [1.54, 1.807) is 22.7 Å². The zero-order valence-electron chi connectivity index (χ0n) is 12.3. The quantitative estimate of drug-likeness (QED) is 0.825. The van der Waals surface area contributed by atoms with Gasteiger partial charge in [0.2, 0.25) is 5.91 Å². The fourth-order valence-corrected chi connectivity index (χ4v) is 4.38. The van der Waals surface area contributed by atoms with Crippen LogP contribution in [0.5, 0.6) is 0 Å². The molecule has 120 valence electrons. The molecule has 0 saturated carbocycles. The largest absolute Gasteiger partial charge is 0.344 e. The lowest BCUT2D eigenvalue weighted by Gasteiger charge is -2.17. The Labute approximate surface area is 145 Å². The van der Waals surface area contributed by atoms with Crippen molar-refractivity contribution in [2.45, 2.75) is 25.3 Å². The van der Waals surface area contributed by atoms with E-state index in [-0.39, 0.29) is 24.4 Å². The minimum Gasteiger partial charge on any atom is -0.344 e. The molecule has 3 nitrogen and oxygen atoms in total. The molecule has 3 heterocycles. The van der Waals surface area contributed by atoms with Crippen molar-refractivity contribution in [2.24, 2.45) is 5.92 Å². The minimum absolute atomic E-state index is 0. The van der Waals surface area contributed by atoms with E-state index < -0.39 is 0 Å². The molecule has 2 N–H and O–H groups in total. The molecular formula is C16H21ClN2OS2. The summed E-state index contributed by atoms with van der Waals surface area (Å²) in [6, 6.07) is 8.28. The third kappa shape index (κ3) is 4.56. The van der Waals surface area contributed by atoms with Crippen LogP contribution in [-0.4, -0.2) is 19.0 Å². The number of amides is 1. The Hall–Kier alpha value is -0.880. The number of hydrogen-bond donors (Lipinski definition) is 2. The standard InChI is InChI=1S/C16H20N2OS2.ClH/c19-15(6-5-12-7-8-17-11-12)18-16(13-3-1-9-20-13)14-4-2-10-21-14;/h1-4,9-10,12,16-17H,5-8,11H2,(H,18,19);1H. The summed E-state index contributed by atoms with van der Waals surface area (Å²) in [5, 5.41) is 10.7. The molecule has 0 spiro atoms. The third-order valence-electron chi connectivity index (χ3n) is 3.90. The molecule has 2 aromatic rings. The fourth-order valence-electron chi connectivity index (χ4n) is 2.72. The maximum absolute atomic E-state index is 12.3. The van der Waals surface area contributed by atoms with Gasteiger partial charge in [-0.3, -0.25) is 4.79 Å². The second-order valence-electron chi connectivity index (χ2n) is 5.43. The first kappa shape index (κ1) is 17.5. The predicted octanol–water partition coefficient (Wildman–Crippen LogP) is 3.83. The highest BCUT2D eigenvalue weighted by Crippen LogP contribution is 2.29.